The monoisotopic (exact) mass is 443 g/mol. The van der Waals surface area contributed by atoms with E-state index in [9.17, 15) is 9.59 Å². The van der Waals surface area contributed by atoms with E-state index in [0.717, 1.165) is 29.0 Å². The number of fused-ring (bicyclic) bond motifs is 1. The molecule has 1 saturated heterocycles. The van der Waals surface area contributed by atoms with Crippen molar-refractivity contribution in [2.45, 2.75) is 31.9 Å². The number of ether oxygens (including phenoxy) is 3. The quantitative estimate of drug-likeness (QED) is 0.691. The van der Waals surface area contributed by atoms with Gasteiger partial charge in [-0.2, -0.15) is 0 Å². The molecule has 2 aliphatic heterocycles. The molecule has 1 aromatic carbocycles. The first-order valence-corrected chi connectivity index (χ1v) is 11.0. The third-order valence-corrected chi connectivity index (χ3v) is 6.32. The highest BCUT2D eigenvalue weighted by Crippen LogP contribution is 2.30. The molecular weight excluding hydrogens is 418 g/mol. The Morgan fingerprint density at radius 3 is 2.87 bits per heavy atom. The molecule has 1 aromatic heterocycles. The van der Waals surface area contributed by atoms with Crippen LogP contribution in [0.25, 0.3) is 6.08 Å². The normalized spacial score (nSPS) is 18.1. The molecule has 0 spiro atoms. The molecule has 2 aliphatic rings. The van der Waals surface area contributed by atoms with Gasteiger partial charge in [0.05, 0.1) is 26.5 Å². The number of nitrogens with zero attached hydrogens (tertiary/aromatic N) is 2. The molecule has 0 aliphatic carbocycles. The van der Waals surface area contributed by atoms with Gasteiger partial charge < -0.3 is 19.1 Å². The molecule has 8 nitrogen and oxygen atoms in total. The first-order valence-electron chi connectivity index (χ1n) is 10.2. The van der Waals surface area contributed by atoms with Crippen LogP contribution in [0.2, 0.25) is 0 Å². The van der Waals surface area contributed by atoms with E-state index in [1.807, 2.05) is 12.1 Å². The van der Waals surface area contributed by atoms with Crippen molar-refractivity contribution in [1.82, 2.24) is 9.88 Å². The van der Waals surface area contributed by atoms with Crippen LogP contribution in [0.15, 0.2) is 24.3 Å². The Morgan fingerprint density at radius 2 is 2.13 bits per heavy atom. The molecule has 2 amide bonds. The number of thiazole rings is 1. The second kappa shape index (κ2) is 9.49. The molecule has 1 atom stereocenters. The average Bonchev–Trinajstić information content (AvgIpc) is 3.46. The third-order valence-electron chi connectivity index (χ3n) is 5.32. The maximum absolute atomic E-state index is 12.7. The highest BCUT2D eigenvalue weighted by atomic mass is 32.1. The van der Waals surface area contributed by atoms with Crippen LogP contribution in [0.5, 0.6) is 11.5 Å². The summed E-state index contributed by atoms with van der Waals surface area (Å²) in [5.41, 5.74) is 1.79. The van der Waals surface area contributed by atoms with Gasteiger partial charge in [-0.1, -0.05) is 17.4 Å². The lowest BCUT2D eigenvalue weighted by atomic mass is 10.1. The molecule has 31 heavy (non-hydrogen) atoms. The van der Waals surface area contributed by atoms with E-state index in [-0.39, 0.29) is 17.9 Å². The molecule has 3 heterocycles. The van der Waals surface area contributed by atoms with Crippen molar-refractivity contribution < 1.29 is 23.8 Å². The number of carbonyl (C=O) groups excluding carboxylic acids is 2. The van der Waals surface area contributed by atoms with Gasteiger partial charge in [-0.25, -0.2) is 4.98 Å². The first-order chi connectivity index (χ1) is 15.1. The molecule has 2 aromatic rings. The van der Waals surface area contributed by atoms with E-state index in [4.69, 9.17) is 14.2 Å². The number of carbonyl (C=O) groups is 2. The topological polar surface area (TPSA) is 90.0 Å². The molecule has 9 heteroatoms. The fourth-order valence-electron chi connectivity index (χ4n) is 3.64. The molecule has 0 saturated carbocycles. The maximum Gasteiger partial charge on any atom is 0.255 e. The lowest BCUT2D eigenvalue weighted by molar-refractivity contribution is -0.127. The molecule has 1 N–H and O–H groups in total. The van der Waals surface area contributed by atoms with Gasteiger partial charge in [0.25, 0.3) is 5.91 Å². The lowest BCUT2D eigenvalue weighted by Crippen LogP contribution is -2.34. The standard InChI is InChI=1S/C22H25N3O5S/c1-28-16-7-5-14(12-18(16)29-2)6-8-20(26)25-10-9-15-19(13-25)31-22(23-15)24-21(27)17-4-3-11-30-17/h5-8,12,17H,3-4,9-11,13H2,1-2H3,(H,23,24,27)/b8-6+/t17-/m1/s1. The van der Waals surface area contributed by atoms with Crippen LogP contribution in [-0.4, -0.2) is 55.2 Å². The SMILES string of the molecule is COc1ccc(/C=C/C(=O)N2CCc3nc(NC(=O)[C@H]4CCCO4)sc3C2)cc1OC. The Balaban J connectivity index is 1.38. The van der Waals surface area contributed by atoms with Gasteiger partial charge in [-0.15, -0.1) is 0 Å². The number of hydrogen-bond donors (Lipinski definition) is 1. The number of methoxy groups -OCH3 is 2. The zero-order valence-electron chi connectivity index (χ0n) is 17.6. The number of anilines is 1. The highest BCUT2D eigenvalue weighted by Gasteiger charge is 2.27. The zero-order chi connectivity index (χ0) is 21.8. The fraction of sp³-hybridized carbons (Fsp3) is 0.409. The lowest BCUT2D eigenvalue weighted by Gasteiger charge is -2.24. The molecule has 0 radical (unpaired) electrons. The molecule has 164 valence electrons. The van der Waals surface area contributed by atoms with Crippen LogP contribution >= 0.6 is 11.3 Å². The van der Waals surface area contributed by atoms with Crippen molar-refractivity contribution in [2.24, 2.45) is 0 Å². The summed E-state index contributed by atoms with van der Waals surface area (Å²) in [6, 6.07) is 5.49. The Bertz CT molecular complexity index is 997. The van der Waals surface area contributed by atoms with E-state index < -0.39 is 0 Å². The van der Waals surface area contributed by atoms with Gasteiger partial charge in [0, 0.05) is 30.5 Å². The minimum atomic E-state index is -0.388. The smallest absolute Gasteiger partial charge is 0.255 e. The van der Waals surface area contributed by atoms with E-state index in [2.05, 4.69) is 10.3 Å². The van der Waals surface area contributed by atoms with Gasteiger partial charge in [0.2, 0.25) is 5.91 Å². The van der Waals surface area contributed by atoms with Crippen molar-refractivity contribution in [2.75, 3.05) is 32.7 Å². The van der Waals surface area contributed by atoms with Crippen LogP contribution < -0.4 is 14.8 Å². The maximum atomic E-state index is 12.7. The fourth-order valence-corrected chi connectivity index (χ4v) is 4.66. The summed E-state index contributed by atoms with van der Waals surface area (Å²) in [5.74, 6) is 1.04. The molecule has 4 rings (SSSR count). The van der Waals surface area contributed by atoms with Gasteiger partial charge in [0.15, 0.2) is 16.6 Å². The molecule has 1 fully saturated rings. The predicted octanol–water partition coefficient (Wildman–Crippen LogP) is 2.88. The van der Waals surface area contributed by atoms with Crippen LogP contribution in [0.4, 0.5) is 5.13 Å². The Morgan fingerprint density at radius 1 is 1.29 bits per heavy atom. The third kappa shape index (κ3) is 4.88. The van der Waals surface area contributed by atoms with Crippen LogP contribution in [-0.2, 0) is 27.3 Å². The number of amides is 2. The number of aromatic nitrogens is 1. The second-order valence-electron chi connectivity index (χ2n) is 7.34. The van der Waals surface area contributed by atoms with Crippen LogP contribution in [0, 0.1) is 0 Å². The van der Waals surface area contributed by atoms with E-state index in [0.29, 0.717) is 42.7 Å². The van der Waals surface area contributed by atoms with E-state index in [1.54, 1.807) is 37.3 Å². The minimum Gasteiger partial charge on any atom is -0.493 e. The van der Waals surface area contributed by atoms with Gasteiger partial charge >= 0.3 is 0 Å². The summed E-state index contributed by atoms with van der Waals surface area (Å²) < 4.78 is 16.0. The summed E-state index contributed by atoms with van der Waals surface area (Å²) in [4.78, 5) is 32.3. The number of benzene rings is 1. The molecular formula is C22H25N3O5S. The predicted molar refractivity (Wildman–Crippen MR) is 117 cm³/mol. The van der Waals surface area contributed by atoms with Crippen molar-refractivity contribution in [3.05, 3.63) is 40.4 Å². The Hall–Kier alpha value is -2.91. The number of nitrogens with one attached hydrogen (secondary N) is 1. The summed E-state index contributed by atoms with van der Waals surface area (Å²) in [7, 11) is 3.16. The van der Waals surface area contributed by atoms with Crippen LogP contribution in [0.1, 0.15) is 29.0 Å². The first kappa shape index (κ1) is 21.3. The summed E-state index contributed by atoms with van der Waals surface area (Å²) in [6.45, 7) is 1.70. The zero-order valence-corrected chi connectivity index (χ0v) is 18.4. The number of hydrogen-bond acceptors (Lipinski definition) is 7. The summed E-state index contributed by atoms with van der Waals surface area (Å²) >= 11 is 1.42. The Labute approximate surface area is 184 Å². The largest absolute Gasteiger partial charge is 0.493 e. The average molecular weight is 444 g/mol. The van der Waals surface area contributed by atoms with Gasteiger partial charge in [-0.05, 0) is 36.6 Å². The van der Waals surface area contributed by atoms with Crippen molar-refractivity contribution >= 4 is 34.4 Å². The highest BCUT2D eigenvalue weighted by molar-refractivity contribution is 7.15. The van der Waals surface area contributed by atoms with Crippen LogP contribution in [0.3, 0.4) is 0 Å². The van der Waals surface area contributed by atoms with E-state index in [1.165, 1.54) is 11.3 Å². The Kier molecular flexibility index (Phi) is 6.53. The van der Waals surface area contributed by atoms with Gasteiger partial charge in [-0.3, -0.25) is 14.9 Å². The number of rotatable bonds is 6. The second-order valence-corrected chi connectivity index (χ2v) is 8.42. The van der Waals surface area contributed by atoms with E-state index >= 15 is 0 Å². The van der Waals surface area contributed by atoms with Crippen molar-refractivity contribution in [3.63, 3.8) is 0 Å². The minimum absolute atomic E-state index is 0.0706. The summed E-state index contributed by atoms with van der Waals surface area (Å²) in [5, 5.41) is 3.43. The molecule has 0 bridgehead atoms. The summed E-state index contributed by atoms with van der Waals surface area (Å²) in [6.07, 6.45) is 5.25. The molecule has 0 unspecified atom stereocenters. The van der Waals surface area contributed by atoms with Crippen molar-refractivity contribution in [3.8, 4) is 11.5 Å². The van der Waals surface area contributed by atoms with Crippen molar-refractivity contribution in [1.29, 1.82) is 0 Å². The van der Waals surface area contributed by atoms with Gasteiger partial charge in [0.1, 0.15) is 6.10 Å².